The maximum atomic E-state index is 4.39. The summed E-state index contributed by atoms with van der Waals surface area (Å²) in [5.74, 6) is 1.10. The molecule has 0 saturated carbocycles. The predicted molar refractivity (Wildman–Crippen MR) is 67.2 cm³/mol. The van der Waals surface area contributed by atoms with E-state index in [1.807, 2.05) is 12.3 Å². The Labute approximate surface area is 99.8 Å². The molecule has 0 aliphatic carbocycles. The van der Waals surface area contributed by atoms with E-state index in [1.54, 1.807) is 0 Å². The molecule has 1 saturated heterocycles. The molecule has 0 atom stereocenters. The molecule has 1 aliphatic heterocycles. The summed E-state index contributed by atoms with van der Waals surface area (Å²) >= 11 is 3.48. The molecule has 3 heteroatoms. The van der Waals surface area contributed by atoms with Gasteiger partial charge in [0.2, 0.25) is 0 Å². The van der Waals surface area contributed by atoms with Crippen LogP contribution in [0.4, 0.5) is 5.82 Å². The lowest BCUT2D eigenvalue weighted by molar-refractivity contribution is 0.193. The third-order valence-electron chi connectivity index (χ3n) is 3.58. The van der Waals surface area contributed by atoms with Crippen LogP contribution in [0.1, 0.15) is 26.7 Å². The van der Waals surface area contributed by atoms with Gasteiger partial charge in [0.15, 0.2) is 0 Å². The van der Waals surface area contributed by atoms with Crippen molar-refractivity contribution in [2.24, 2.45) is 5.41 Å². The zero-order chi connectivity index (χ0) is 10.9. The fourth-order valence-electron chi connectivity index (χ4n) is 2.19. The molecule has 2 rings (SSSR count). The van der Waals surface area contributed by atoms with Gasteiger partial charge in [0.05, 0.1) is 0 Å². The minimum absolute atomic E-state index is 0.546. The third kappa shape index (κ3) is 2.03. The van der Waals surface area contributed by atoms with Crippen LogP contribution < -0.4 is 4.90 Å². The van der Waals surface area contributed by atoms with Gasteiger partial charge in [-0.05, 0) is 25.0 Å². The van der Waals surface area contributed by atoms with Crippen molar-refractivity contribution in [1.82, 2.24) is 4.98 Å². The van der Waals surface area contributed by atoms with E-state index >= 15 is 0 Å². The summed E-state index contributed by atoms with van der Waals surface area (Å²) in [4.78, 5) is 6.75. The summed E-state index contributed by atoms with van der Waals surface area (Å²) in [6, 6.07) is 4.06. The number of hydrogen-bond acceptors (Lipinski definition) is 2. The van der Waals surface area contributed by atoms with Crippen LogP contribution in [0.2, 0.25) is 0 Å². The van der Waals surface area contributed by atoms with Gasteiger partial charge in [0, 0.05) is 29.2 Å². The Hall–Kier alpha value is -0.570. The highest BCUT2D eigenvalue weighted by Crippen LogP contribution is 2.39. The number of aromatic nitrogens is 1. The average Bonchev–Trinajstić information content (AvgIpc) is 2.18. The molecule has 1 aromatic heterocycles. The van der Waals surface area contributed by atoms with Crippen LogP contribution in [0.15, 0.2) is 22.8 Å². The molecule has 2 heterocycles. The maximum absolute atomic E-state index is 4.39. The summed E-state index contributed by atoms with van der Waals surface area (Å²) in [6.07, 6.45) is 4.40. The Kier molecular flexibility index (Phi) is 3.01. The van der Waals surface area contributed by atoms with E-state index in [0.717, 1.165) is 23.4 Å². The van der Waals surface area contributed by atoms with Gasteiger partial charge in [0.1, 0.15) is 5.82 Å². The lowest BCUT2D eigenvalue weighted by Gasteiger charge is -2.50. The molecule has 0 N–H and O–H groups in total. The maximum Gasteiger partial charge on any atom is 0.129 e. The van der Waals surface area contributed by atoms with E-state index in [4.69, 9.17) is 0 Å². The van der Waals surface area contributed by atoms with Gasteiger partial charge in [-0.15, -0.1) is 0 Å². The molecule has 0 bridgehead atoms. The molecular formula is C12H17BrN2. The largest absolute Gasteiger partial charge is 0.355 e. The first-order chi connectivity index (χ1) is 7.19. The fourth-order valence-corrected chi connectivity index (χ4v) is 2.51. The highest BCUT2D eigenvalue weighted by Gasteiger charge is 2.40. The summed E-state index contributed by atoms with van der Waals surface area (Å²) < 4.78 is 1.11. The number of pyridine rings is 1. The smallest absolute Gasteiger partial charge is 0.129 e. The predicted octanol–water partition coefficient (Wildman–Crippen LogP) is 3.47. The van der Waals surface area contributed by atoms with E-state index in [-0.39, 0.29) is 0 Å². The Morgan fingerprint density at radius 1 is 1.40 bits per heavy atom. The van der Waals surface area contributed by atoms with Gasteiger partial charge in [-0.2, -0.15) is 0 Å². The second kappa shape index (κ2) is 4.12. The first-order valence-electron chi connectivity index (χ1n) is 5.55. The minimum atomic E-state index is 0.546. The van der Waals surface area contributed by atoms with Crippen LogP contribution in [0.5, 0.6) is 0 Å². The van der Waals surface area contributed by atoms with Gasteiger partial charge in [-0.25, -0.2) is 4.98 Å². The zero-order valence-electron chi connectivity index (χ0n) is 9.33. The number of hydrogen-bond donors (Lipinski definition) is 0. The molecular weight excluding hydrogens is 252 g/mol. The number of anilines is 1. The van der Waals surface area contributed by atoms with Crippen molar-refractivity contribution in [2.75, 3.05) is 18.0 Å². The van der Waals surface area contributed by atoms with Crippen molar-refractivity contribution in [3.8, 4) is 0 Å². The second-order valence-electron chi connectivity index (χ2n) is 4.40. The lowest BCUT2D eigenvalue weighted by Crippen LogP contribution is -2.56. The molecule has 0 amide bonds. The number of rotatable bonds is 3. The molecule has 1 fully saturated rings. The zero-order valence-corrected chi connectivity index (χ0v) is 10.9. The molecule has 82 valence electrons. The fraction of sp³-hybridized carbons (Fsp3) is 0.583. The highest BCUT2D eigenvalue weighted by molar-refractivity contribution is 9.10. The van der Waals surface area contributed by atoms with Crippen molar-refractivity contribution in [1.29, 1.82) is 0 Å². The third-order valence-corrected chi connectivity index (χ3v) is 4.08. The minimum Gasteiger partial charge on any atom is -0.355 e. The molecule has 15 heavy (non-hydrogen) atoms. The van der Waals surface area contributed by atoms with Crippen molar-refractivity contribution in [3.63, 3.8) is 0 Å². The van der Waals surface area contributed by atoms with Crippen LogP contribution in [0, 0.1) is 5.41 Å². The van der Waals surface area contributed by atoms with E-state index in [9.17, 15) is 0 Å². The Bertz CT molecular complexity index is 339. The SMILES string of the molecule is CCC1(CC)CN(c2cc(Br)ccn2)C1. The molecule has 0 unspecified atom stereocenters. The molecule has 1 aliphatic rings. The van der Waals surface area contributed by atoms with Crippen LogP contribution in [0.3, 0.4) is 0 Å². The van der Waals surface area contributed by atoms with Crippen molar-refractivity contribution < 1.29 is 0 Å². The van der Waals surface area contributed by atoms with Gasteiger partial charge < -0.3 is 4.90 Å². The topological polar surface area (TPSA) is 16.1 Å². The standard InChI is InChI=1S/C12H17BrN2/c1-3-12(4-2)8-15(9-12)11-7-10(13)5-6-14-11/h5-7H,3-4,8-9H2,1-2H3. The molecule has 0 radical (unpaired) electrons. The first kappa shape index (κ1) is 10.9. The van der Waals surface area contributed by atoms with E-state index in [1.165, 1.54) is 12.8 Å². The van der Waals surface area contributed by atoms with E-state index in [2.05, 4.69) is 45.7 Å². The highest BCUT2D eigenvalue weighted by atomic mass is 79.9. The summed E-state index contributed by atoms with van der Waals surface area (Å²) in [7, 11) is 0. The van der Waals surface area contributed by atoms with Crippen LogP contribution >= 0.6 is 15.9 Å². The summed E-state index contributed by atoms with van der Waals surface area (Å²) in [5.41, 5.74) is 0.546. The molecule has 2 nitrogen and oxygen atoms in total. The van der Waals surface area contributed by atoms with Crippen LogP contribution in [0.25, 0.3) is 0 Å². The average molecular weight is 269 g/mol. The summed E-state index contributed by atoms with van der Waals surface area (Å²) in [6.45, 7) is 6.89. The van der Waals surface area contributed by atoms with E-state index < -0.39 is 0 Å². The van der Waals surface area contributed by atoms with Gasteiger partial charge in [-0.3, -0.25) is 0 Å². The van der Waals surface area contributed by atoms with Gasteiger partial charge in [0.25, 0.3) is 0 Å². The Morgan fingerprint density at radius 3 is 2.60 bits per heavy atom. The quantitative estimate of drug-likeness (QED) is 0.835. The molecule has 1 aromatic rings. The number of nitrogens with zero attached hydrogens (tertiary/aromatic N) is 2. The van der Waals surface area contributed by atoms with E-state index in [0.29, 0.717) is 5.41 Å². The first-order valence-corrected chi connectivity index (χ1v) is 6.35. The van der Waals surface area contributed by atoms with Crippen LogP contribution in [-0.4, -0.2) is 18.1 Å². The second-order valence-corrected chi connectivity index (χ2v) is 5.31. The number of halogens is 1. The molecule has 0 aromatic carbocycles. The molecule has 0 spiro atoms. The normalized spacial score (nSPS) is 18.7. The summed E-state index contributed by atoms with van der Waals surface area (Å²) in [5, 5.41) is 0. The van der Waals surface area contributed by atoms with Gasteiger partial charge >= 0.3 is 0 Å². The van der Waals surface area contributed by atoms with Gasteiger partial charge in [-0.1, -0.05) is 29.8 Å². The van der Waals surface area contributed by atoms with Crippen LogP contribution in [-0.2, 0) is 0 Å². The van der Waals surface area contributed by atoms with Crippen molar-refractivity contribution in [3.05, 3.63) is 22.8 Å². The Morgan fingerprint density at radius 2 is 2.07 bits per heavy atom. The Balaban J connectivity index is 2.05. The van der Waals surface area contributed by atoms with Crippen molar-refractivity contribution in [2.45, 2.75) is 26.7 Å². The lowest BCUT2D eigenvalue weighted by atomic mass is 9.75. The monoisotopic (exact) mass is 268 g/mol. The van der Waals surface area contributed by atoms with Crippen molar-refractivity contribution >= 4 is 21.7 Å².